The van der Waals surface area contributed by atoms with Crippen LogP contribution in [0.4, 0.5) is 10.9 Å². The van der Waals surface area contributed by atoms with Crippen molar-refractivity contribution < 1.29 is 14.6 Å². The van der Waals surface area contributed by atoms with Crippen molar-refractivity contribution in [2.75, 3.05) is 11.2 Å². The number of carboxylic acid groups (broad SMARTS) is 1. The van der Waals surface area contributed by atoms with Gasteiger partial charge in [0.25, 0.3) is 0 Å². The molecule has 0 unspecified atom stereocenters. The van der Waals surface area contributed by atoms with Gasteiger partial charge in [0.15, 0.2) is 0 Å². The van der Waals surface area contributed by atoms with Gasteiger partial charge in [-0.2, -0.15) is 5.10 Å². The molecule has 0 aliphatic carbocycles. The number of nitrogens with one attached hydrogen (secondary N) is 1. The number of nitrogens with two attached hydrogens (primary N) is 1. The fourth-order valence-electron chi connectivity index (χ4n) is 2.16. The number of hydrogen-bond donors (Lipinski definition) is 3. The minimum absolute atomic E-state index is 0.0726. The molecule has 1 aromatic heterocycles. The van der Waals surface area contributed by atoms with Gasteiger partial charge >= 0.3 is 5.97 Å². The third-order valence-corrected chi connectivity index (χ3v) is 4.13. The van der Waals surface area contributed by atoms with Crippen LogP contribution in [-0.4, -0.2) is 22.3 Å². The molecular formula is C18H16N4O3S. The average molecular weight is 368 g/mol. The Morgan fingerprint density at radius 2 is 2.12 bits per heavy atom. The van der Waals surface area contributed by atoms with E-state index in [1.54, 1.807) is 17.5 Å². The number of benzene rings is 2. The highest BCUT2D eigenvalue weighted by Crippen LogP contribution is 2.21. The molecule has 0 saturated heterocycles. The maximum Gasteiger partial charge on any atom is 0.339 e. The molecule has 0 spiro atoms. The van der Waals surface area contributed by atoms with Crippen LogP contribution in [0.1, 0.15) is 21.5 Å². The first kappa shape index (κ1) is 17.4. The Hall–Kier alpha value is -3.39. The largest absolute Gasteiger partial charge is 0.488 e. The zero-order chi connectivity index (χ0) is 18.4. The van der Waals surface area contributed by atoms with E-state index in [0.29, 0.717) is 28.9 Å². The van der Waals surface area contributed by atoms with Gasteiger partial charge in [-0.3, -0.25) is 5.43 Å². The van der Waals surface area contributed by atoms with E-state index in [0.717, 1.165) is 5.56 Å². The zero-order valence-corrected chi connectivity index (χ0v) is 14.4. The number of carbonyl (C=O) groups is 1. The quantitative estimate of drug-likeness (QED) is 0.435. The van der Waals surface area contributed by atoms with Crippen molar-refractivity contribution in [1.29, 1.82) is 0 Å². The van der Waals surface area contributed by atoms with Crippen LogP contribution >= 0.6 is 11.3 Å². The third-order valence-electron chi connectivity index (χ3n) is 3.37. The van der Waals surface area contributed by atoms with Crippen LogP contribution in [0.25, 0.3) is 0 Å². The lowest BCUT2D eigenvalue weighted by Crippen LogP contribution is -2.04. The predicted molar refractivity (Wildman–Crippen MR) is 102 cm³/mol. The molecule has 0 fully saturated rings. The first-order valence-electron chi connectivity index (χ1n) is 7.66. The molecule has 3 rings (SSSR count). The van der Waals surface area contributed by atoms with Gasteiger partial charge < -0.3 is 15.6 Å². The van der Waals surface area contributed by atoms with Gasteiger partial charge in [0, 0.05) is 5.38 Å². The molecule has 3 aromatic rings. The maximum atomic E-state index is 11.5. The monoisotopic (exact) mass is 368 g/mol. The number of nitrogens with zero attached hydrogens (tertiary/aromatic N) is 2. The molecule has 1 heterocycles. The van der Waals surface area contributed by atoms with Gasteiger partial charge in [-0.1, -0.05) is 30.3 Å². The Labute approximate surface area is 153 Å². The minimum Gasteiger partial charge on any atom is -0.488 e. The molecule has 0 amide bonds. The fraction of sp³-hybridized carbons (Fsp3) is 0.0556. The van der Waals surface area contributed by atoms with Gasteiger partial charge in [-0.15, -0.1) is 11.3 Å². The van der Waals surface area contributed by atoms with Crippen molar-refractivity contribution in [3.05, 3.63) is 70.6 Å². The molecule has 26 heavy (non-hydrogen) atoms. The lowest BCUT2D eigenvalue weighted by Gasteiger charge is -2.10. The molecule has 2 aromatic carbocycles. The predicted octanol–water partition coefficient (Wildman–Crippen LogP) is 3.45. The summed E-state index contributed by atoms with van der Waals surface area (Å²) in [6.45, 7) is 0.293. The summed E-state index contributed by atoms with van der Waals surface area (Å²) in [6, 6.07) is 14.4. The molecule has 132 valence electrons. The Bertz CT molecular complexity index is 925. The van der Waals surface area contributed by atoms with E-state index in [2.05, 4.69) is 15.5 Å². The second-order valence-corrected chi connectivity index (χ2v) is 6.14. The molecule has 0 aliphatic rings. The van der Waals surface area contributed by atoms with Crippen molar-refractivity contribution in [1.82, 2.24) is 4.98 Å². The molecule has 4 N–H and O–H groups in total. The molecule has 7 nitrogen and oxygen atoms in total. The zero-order valence-electron chi connectivity index (χ0n) is 13.6. The number of hydrogen-bond acceptors (Lipinski definition) is 7. The number of rotatable bonds is 7. The number of carboxylic acids is 1. The van der Waals surface area contributed by atoms with Crippen molar-refractivity contribution in [2.24, 2.45) is 5.10 Å². The Balaban J connectivity index is 1.70. The van der Waals surface area contributed by atoms with E-state index in [1.165, 1.54) is 23.6 Å². The van der Waals surface area contributed by atoms with Gasteiger partial charge in [-0.25, -0.2) is 9.78 Å². The summed E-state index contributed by atoms with van der Waals surface area (Å²) in [6.07, 6.45) is 1.50. The third kappa shape index (κ3) is 4.58. The molecular weight excluding hydrogens is 352 g/mol. The average Bonchev–Trinajstić information content (AvgIpc) is 3.06. The van der Waals surface area contributed by atoms with Crippen LogP contribution in [0.2, 0.25) is 0 Å². The number of thiazole rings is 1. The van der Waals surface area contributed by atoms with E-state index in [9.17, 15) is 9.90 Å². The number of aromatic nitrogens is 1. The highest BCUT2D eigenvalue weighted by Gasteiger charge is 2.12. The lowest BCUT2D eigenvalue weighted by molar-refractivity contribution is 0.0691. The van der Waals surface area contributed by atoms with Crippen molar-refractivity contribution in [3.63, 3.8) is 0 Å². The molecule has 0 bridgehead atoms. The van der Waals surface area contributed by atoms with E-state index in [1.807, 2.05) is 30.3 Å². The highest BCUT2D eigenvalue weighted by atomic mass is 32.1. The van der Waals surface area contributed by atoms with Gasteiger partial charge in [-0.05, 0) is 29.3 Å². The Morgan fingerprint density at radius 1 is 1.31 bits per heavy atom. The number of hydrazone groups is 1. The van der Waals surface area contributed by atoms with Crippen LogP contribution in [0.5, 0.6) is 5.75 Å². The van der Waals surface area contributed by atoms with E-state index in [-0.39, 0.29) is 5.56 Å². The smallest absolute Gasteiger partial charge is 0.339 e. The first-order valence-corrected chi connectivity index (χ1v) is 8.54. The SMILES string of the molecule is Nc1csc(NN=Cc2ccc(OCc3ccccc3)c(C(=O)O)c2)n1. The van der Waals surface area contributed by atoms with Crippen LogP contribution < -0.4 is 15.9 Å². The van der Waals surface area contributed by atoms with Gasteiger partial charge in [0.05, 0.1) is 6.21 Å². The number of nitrogen functional groups attached to an aromatic ring is 1. The van der Waals surface area contributed by atoms with Crippen LogP contribution in [0.15, 0.2) is 59.0 Å². The summed E-state index contributed by atoms with van der Waals surface area (Å²) in [5.74, 6) is -0.344. The standard InChI is InChI=1S/C18H16N4O3S/c19-16-11-26-18(21-16)22-20-9-13-6-7-15(14(8-13)17(23)24)25-10-12-4-2-1-3-5-12/h1-9,11H,10,19H2,(H,21,22)(H,23,24). The van der Waals surface area contributed by atoms with Crippen LogP contribution in [0.3, 0.4) is 0 Å². The molecule has 0 saturated carbocycles. The lowest BCUT2D eigenvalue weighted by atomic mass is 10.1. The maximum absolute atomic E-state index is 11.5. The Kier molecular flexibility index (Phi) is 5.45. The highest BCUT2D eigenvalue weighted by molar-refractivity contribution is 7.14. The summed E-state index contributed by atoms with van der Waals surface area (Å²) in [5.41, 5.74) is 9.92. The van der Waals surface area contributed by atoms with E-state index < -0.39 is 5.97 Å². The van der Waals surface area contributed by atoms with Crippen molar-refractivity contribution in [2.45, 2.75) is 6.61 Å². The summed E-state index contributed by atoms with van der Waals surface area (Å²) in [7, 11) is 0. The summed E-state index contributed by atoms with van der Waals surface area (Å²) in [5, 5.41) is 15.7. The summed E-state index contributed by atoms with van der Waals surface area (Å²) in [4.78, 5) is 15.5. The summed E-state index contributed by atoms with van der Waals surface area (Å²) < 4.78 is 5.65. The fourth-order valence-corrected chi connectivity index (χ4v) is 2.70. The van der Waals surface area contributed by atoms with Crippen molar-refractivity contribution >= 4 is 34.5 Å². The molecule has 0 radical (unpaired) electrons. The van der Waals surface area contributed by atoms with Crippen molar-refractivity contribution in [3.8, 4) is 5.75 Å². The van der Waals surface area contributed by atoms with E-state index in [4.69, 9.17) is 10.5 Å². The van der Waals surface area contributed by atoms with Gasteiger partial charge in [0.2, 0.25) is 5.13 Å². The van der Waals surface area contributed by atoms with E-state index >= 15 is 0 Å². The number of aromatic carboxylic acids is 1. The normalized spacial score (nSPS) is 10.8. The van der Waals surface area contributed by atoms with Crippen LogP contribution in [-0.2, 0) is 6.61 Å². The number of anilines is 2. The van der Waals surface area contributed by atoms with Gasteiger partial charge in [0.1, 0.15) is 23.7 Å². The first-order chi connectivity index (χ1) is 12.6. The molecule has 8 heteroatoms. The summed E-state index contributed by atoms with van der Waals surface area (Å²) >= 11 is 1.32. The molecule has 0 atom stereocenters. The second kappa shape index (κ2) is 8.13. The molecule has 0 aliphatic heterocycles. The van der Waals surface area contributed by atoms with Crippen LogP contribution in [0, 0.1) is 0 Å². The topological polar surface area (TPSA) is 110 Å². The number of ether oxygens (including phenoxy) is 1. The Morgan fingerprint density at radius 3 is 2.81 bits per heavy atom. The second-order valence-electron chi connectivity index (χ2n) is 5.28. The minimum atomic E-state index is -1.07.